The zero-order chi connectivity index (χ0) is 13.9. The quantitative estimate of drug-likeness (QED) is 0.645. The van der Waals surface area contributed by atoms with E-state index in [4.69, 9.17) is 5.73 Å². The summed E-state index contributed by atoms with van der Waals surface area (Å²) in [5.74, 6) is 1.64. The van der Waals surface area contributed by atoms with Gasteiger partial charge in [-0.3, -0.25) is 0 Å². The van der Waals surface area contributed by atoms with E-state index in [1.54, 1.807) is 0 Å². The Balaban J connectivity index is 1.68. The van der Waals surface area contributed by atoms with Crippen LogP contribution in [0.15, 0.2) is 17.1 Å². The molecule has 1 saturated carbocycles. The van der Waals surface area contributed by atoms with Gasteiger partial charge in [0.05, 0.1) is 6.54 Å². The van der Waals surface area contributed by atoms with Crippen molar-refractivity contribution in [3.8, 4) is 0 Å². The van der Waals surface area contributed by atoms with Crippen molar-refractivity contribution in [1.82, 2.24) is 10.3 Å². The van der Waals surface area contributed by atoms with Crippen molar-refractivity contribution in [3.63, 3.8) is 0 Å². The van der Waals surface area contributed by atoms with E-state index in [0.29, 0.717) is 18.5 Å². The van der Waals surface area contributed by atoms with Crippen LogP contribution in [0, 0.1) is 6.92 Å². The number of hydrogen-bond donors (Lipinski definition) is 2. The van der Waals surface area contributed by atoms with Gasteiger partial charge >= 0.3 is 0 Å². The third kappa shape index (κ3) is 3.40. The van der Waals surface area contributed by atoms with Crippen LogP contribution < -0.4 is 16.0 Å². The first-order chi connectivity index (χ1) is 9.70. The number of nitrogens with zero attached hydrogens (tertiary/aromatic N) is 3. The van der Waals surface area contributed by atoms with Gasteiger partial charge in [-0.25, -0.2) is 9.98 Å². The minimum Gasteiger partial charge on any atom is -0.370 e. The summed E-state index contributed by atoms with van der Waals surface area (Å²) in [6.07, 6.45) is 4.95. The summed E-state index contributed by atoms with van der Waals surface area (Å²) in [5, 5.41) is 3.21. The molecule has 0 unspecified atom stereocenters. The molecule has 5 heteroatoms. The lowest BCUT2D eigenvalue weighted by molar-refractivity contribution is 0.875. The second-order valence-corrected chi connectivity index (χ2v) is 5.79. The molecule has 0 aromatic carbocycles. The molecule has 2 heterocycles. The van der Waals surface area contributed by atoms with Gasteiger partial charge in [0.2, 0.25) is 0 Å². The fourth-order valence-corrected chi connectivity index (χ4v) is 2.58. The molecule has 1 aliphatic heterocycles. The van der Waals surface area contributed by atoms with Gasteiger partial charge in [0.15, 0.2) is 5.96 Å². The van der Waals surface area contributed by atoms with Crippen molar-refractivity contribution >= 4 is 11.8 Å². The molecule has 0 atom stereocenters. The van der Waals surface area contributed by atoms with Crippen LogP contribution in [-0.2, 0) is 6.54 Å². The number of rotatable bonds is 4. The molecule has 1 saturated heterocycles. The van der Waals surface area contributed by atoms with E-state index in [2.05, 4.69) is 32.3 Å². The van der Waals surface area contributed by atoms with Crippen LogP contribution >= 0.6 is 0 Å². The molecule has 20 heavy (non-hydrogen) atoms. The van der Waals surface area contributed by atoms with E-state index < -0.39 is 0 Å². The Morgan fingerprint density at radius 1 is 1.40 bits per heavy atom. The highest BCUT2D eigenvalue weighted by Gasteiger charge is 2.21. The van der Waals surface area contributed by atoms with E-state index in [1.165, 1.54) is 31.2 Å². The summed E-state index contributed by atoms with van der Waals surface area (Å²) < 4.78 is 0. The summed E-state index contributed by atoms with van der Waals surface area (Å²) in [6.45, 7) is 4.89. The summed E-state index contributed by atoms with van der Waals surface area (Å²) in [6, 6.07) is 4.79. The average Bonchev–Trinajstić information content (AvgIpc) is 3.06. The van der Waals surface area contributed by atoms with Gasteiger partial charge in [-0.15, -0.1) is 0 Å². The monoisotopic (exact) mass is 273 g/mol. The summed E-state index contributed by atoms with van der Waals surface area (Å²) in [5.41, 5.74) is 8.10. The van der Waals surface area contributed by atoms with Crippen LogP contribution in [0.25, 0.3) is 0 Å². The minimum atomic E-state index is 0.554. The van der Waals surface area contributed by atoms with Gasteiger partial charge in [0.25, 0.3) is 0 Å². The zero-order valence-corrected chi connectivity index (χ0v) is 12.1. The number of hydrogen-bond acceptors (Lipinski definition) is 3. The first-order valence-corrected chi connectivity index (χ1v) is 7.50. The maximum absolute atomic E-state index is 5.87. The van der Waals surface area contributed by atoms with Gasteiger partial charge in [-0.1, -0.05) is 0 Å². The molecule has 108 valence electrons. The summed E-state index contributed by atoms with van der Waals surface area (Å²) in [7, 11) is 0. The first kappa shape index (κ1) is 13.2. The van der Waals surface area contributed by atoms with E-state index in [-0.39, 0.29) is 0 Å². The number of aryl methyl sites for hydroxylation is 1. The lowest BCUT2D eigenvalue weighted by atomic mass is 10.2. The van der Waals surface area contributed by atoms with Crippen molar-refractivity contribution in [3.05, 3.63) is 23.4 Å². The normalized spacial score (nSPS) is 19.4. The number of aromatic nitrogens is 1. The third-order valence-electron chi connectivity index (χ3n) is 3.79. The largest absolute Gasteiger partial charge is 0.370 e. The van der Waals surface area contributed by atoms with Gasteiger partial charge in [0, 0.05) is 24.8 Å². The Labute approximate surface area is 120 Å². The van der Waals surface area contributed by atoms with E-state index in [0.717, 1.165) is 24.6 Å². The molecule has 0 bridgehead atoms. The highest BCUT2D eigenvalue weighted by molar-refractivity contribution is 5.78. The highest BCUT2D eigenvalue weighted by atomic mass is 15.2. The molecule has 0 amide bonds. The number of pyridine rings is 1. The van der Waals surface area contributed by atoms with E-state index in [1.807, 2.05) is 6.92 Å². The standard InChI is InChI=1S/C15H23N5/c1-11-8-12(10-17-15(16)19-13-4-5-13)9-14(18-11)20-6-2-3-7-20/h8-9,13H,2-7,10H2,1H3,(H3,16,17,19). The average molecular weight is 273 g/mol. The van der Waals surface area contributed by atoms with E-state index >= 15 is 0 Å². The van der Waals surface area contributed by atoms with Crippen molar-refractivity contribution < 1.29 is 0 Å². The van der Waals surface area contributed by atoms with Crippen molar-refractivity contribution in [1.29, 1.82) is 0 Å². The Morgan fingerprint density at radius 2 is 2.15 bits per heavy atom. The van der Waals surface area contributed by atoms with Gasteiger partial charge in [0.1, 0.15) is 5.82 Å². The van der Waals surface area contributed by atoms with Crippen molar-refractivity contribution in [2.24, 2.45) is 10.7 Å². The molecule has 3 rings (SSSR count). The topological polar surface area (TPSA) is 66.5 Å². The molecule has 1 aromatic rings. The van der Waals surface area contributed by atoms with Crippen molar-refractivity contribution in [2.75, 3.05) is 18.0 Å². The predicted molar refractivity (Wildman–Crippen MR) is 81.9 cm³/mol. The molecule has 2 fully saturated rings. The Kier molecular flexibility index (Phi) is 3.76. The van der Waals surface area contributed by atoms with Crippen LogP contribution in [0.2, 0.25) is 0 Å². The maximum Gasteiger partial charge on any atom is 0.189 e. The number of nitrogens with one attached hydrogen (secondary N) is 1. The third-order valence-corrected chi connectivity index (χ3v) is 3.79. The van der Waals surface area contributed by atoms with Crippen LogP contribution in [0.1, 0.15) is 36.9 Å². The molecular weight excluding hydrogens is 250 g/mol. The fraction of sp³-hybridized carbons (Fsp3) is 0.600. The lowest BCUT2D eigenvalue weighted by Gasteiger charge is -2.17. The Bertz CT molecular complexity index is 501. The number of aliphatic imine (C=N–C) groups is 1. The summed E-state index contributed by atoms with van der Waals surface area (Å²) >= 11 is 0. The predicted octanol–water partition coefficient (Wildman–Crippen LogP) is 1.56. The smallest absolute Gasteiger partial charge is 0.189 e. The van der Waals surface area contributed by atoms with Gasteiger partial charge in [-0.05, 0) is 50.3 Å². The molecule has 1 aromatic heterocycles. The van der Waals surface area contributed by atoms with E-state index in [9.17, 15) is 0 Å². The highest BCUT2D eigenvalue weighted by Crippen LogP contribution is 2.20. The molecule has 2 aliphatic rings. The molecule has 1 aliphatic carbocycles. The molecule has 0 radical (unpaired) electrons. The minimum absolute atomic E-state index is 0.554. The van der Waals surface area contributed by atoms with Crippen LogP contribution in [-0.4, -0.2) is 30.1 Å². The first-order valence-electron chi connectivity index (χ1n) is 7.50. The molecule has 3 N–H and O–H groups in total. The number of guanidine groups is 1. The van der Waals surface area contributed by atoms with Crippen LogP contribution in [0.3, 0.4) is 0 Å². The SMILES string of the molecule is Cc1cc(CN=C(N)NC2CC2)cc(N2CCCC2)n1. The summed E-state index contributed by atoms with van der Waals surface area (Å²) in [4.78, 5) is 11.4. The fourth-order valence-electron chi connectivity index (χ4n) is 2.58. The number of anilines is 1. The second-order valence-electron chi connectivity index (χ2n) is 5.79. The number of nitrogens with two attached hydrogens (primary N) is 1. The van der Waals surface area contributed by atoms with Crippen LogP contribution in [0.4, 0.5) is 5.82 Å². The Hall–Kier alpha value is -1.78. The molecule has 0 spiro atoms. The van der Waals surface area contributed by atoms with Crippen molar-refractivity contribution in [2.45, 2.75) is 45.2 Å². The van der Waals surface area contributed by atoms with Crippen LogP contribution in [0.5, 0.6) is 0 Å². The van der Waals surface area contributed by atoms with Gasteiger partial charge in [-0.2, -0.15) is 0 Å². The molecular formula is C15H23N5. The zero-order valence-electron chi connectivity index (χ0n) is 12.1. The van der Waals surface area contributed by atoms with Gasteiger partial charge < -0.3 is 16.0 Å². The Morgan fingerprint density at radius 3 is 2.85 bits per heavy atom. The second kappa shape index (κ2) is 5.69. The maximum atomic E-state index is 5.87. The lowest BCUT2D eigenvalue weighted by Crippen LogP contribution is -2.33. The molecule has 5 nitrogen and oxygen atoms in total.